The molecule has 0 saturated heterocycles. The Labute approximate surface area is 116 Å². The molecule has 0 aromatic heterocycles. The monoisotopic (exact) mass is 262 g/mol. The number of aliphatic hydroxyl groups excluding tert-OH is 1. The molecule has 1 aromatic rings. The van der Waals surface area contributed by atoms with Crippen LogP contribution < -0.4 is 0 Å². The van der Waals surface area contributed by atoms with Gasteiger partial charge in [-0.05, 0) is 36.7 Å². The zero-order valence-corrected chi connectivity index (χ0v) is 12.1. The third kappa shape index (κ3) is 4.32. The van der Waals surface area contributed by atoms with Crippen molar-refractivity contribution < 1.29 is 9.84 Å². The molecular formula is C17H26O2. The smallest absolute Gasteiger partial charge is 0.0812 e. The third-order valence-electron chi connectivity index (χ3n) is 4.48. The molecular weight excluding hydrogens is 236 g/mol. The van der Waals surface area contributed by atoms with Gasteiger partial charge < -0.3 is 9.84 Å². The summed E-state index contributed by atoms with van der Waals surface area (Å²) in [6.07, 6.45) is 4.29. The molecule has 2 heteroatoms. The van der Waals surface area contributed by atoms with E-state index in [9.17, 15) is 5.11 Å². The molecule has 0 heterocycles. The lowest BCUT2D eigenvalue weighted by Gasteiger charge is -2.32. The van der Waals surface area contributed by atoms with Crippen LogP contribution in [0.1, 0.15) is 51.2 Å². The van der Waals surface area contributed by atoms with Crippen LogP contribution in [0.2, 0.25) is 0 Å². The van der Waals surface area contributed by atoms with Crippen molar-refractivity contribution in [1.82, 2.24) is 0 Å². The average Bonchev–Trinajstić information content (AvgIpc) is 2.43. The maximum atomic E-state index is 10.1. The molecule has 1 fully saturated rings. The molecule has 1 aliphatic rings. The fourth-order valence-electron chi connectivity index (χ4n) is 2.84. The van der Waals surface area contributed by atoms with Crippen LogP contribution in [0.4, 0.5) is 0 Å². The standard InChI is InChI=1S/C17H26O2/c1-13-8-9-16(12-14(13)2)19-11-10-17(18)15-6-4-3-5-7-15/h3-7,13-14,16-18H,8-12H2,1-2H3. The van der Waals surface area contributed by atoms with Crippen LogP contribution in [0.5, 0.6) is 0 Å². The molecule has 0 amide bonds. The van der Waals surface area contributed by atoms with Gasteiger partial charge in [0.05, 0.1) is 12.2 Å². The second-order valence-electron chi connectivity index (χ2n) is 5.98. The lowest BCUT2D eigenvalue weighted by molar-refractivity contribution is -0.0115. The van der Waals surface area contributed by atoms with Gasteiger partial charge in [0.2, 0.25) is 0 Å². The van der Waals surface area contributed by atoms with E-state index in [0.717, 1.165) is 17.4 Å². The Bertz CT molecular complexity index is 363. The molecule has 1 aliphatic carbocycles. The largest absolute Gasteiger partial charge is 0.388 e. The molecule has 19 heavy (non-hydrogen) atoms. The van der Waals surface area contributed by atoms with Crippen LogP contribution in [0.3, 0.4) is 0 Å². The van der Waals surface area contributed by atoms with Crippen LogP contribution in [-0.2, 0) is 4.74 Å². The third-order valence-corrected chi connectivity index (χ3v) is 4.48. The molecule has 0 spiro atoms. The summed E-state index contributed by atoms with van der Waals surface area (Å²) < 4.78 is 5.93. The zero-order valence-electron chi connectivity index (χ0n) is 12.1. The number of rotatable bonds is 5. The summed E-state index contributed by atoms with van der Waals surface area (Å²) in [6.45, 7) is 5.31. The maximum absolute atomic E-state index is 10.1. The summed E-state index contributed by atoms with van der Waals surface area (Å²) in [5, 5.41) is 10.1. The normalized spacial score (nSPS) is 29.1. The van der Waals surface area contributed by atoms with Crippen molar-refractivity contribution in [2.75, 3.05) is 6.61 Å². The van der Waals surface area contributed by atoms with E-state index in [1.807, 2.05) is 30.3 Å². The number of aliphatic hydroxyl groups is 1. The van der Waals surface area contributed by atoms with Crippen LogP contribution in [0, 0.1) is 11.8 Å². The highest BCUT2D eigenvalue weighted by molar-refractivity contribution is 5.17. The Hall–Kier alpha value is -0.860. The van der Waals surface area contributed by atoms with Gasteiger partial charge in [-0.3, -0.25) is 0 Å². The molecule has 2 rings (SSSR count). The minimum Gasteiger partial charge on any atom is -0.388 e. The van der Waals surface area contributed by atoms with Gasteiger partial charge in [0.25, 0.3) is 0 Å². The lowest BCUT2D eigenvalue weighted by atomic mass is 9.80. The molecule has 1 N–H and O–H groups in total. The second-order valence-corrected chi connectivity index (χ2v) is 5.98. The molecule has 4 atom stereocenters. The summed E-state index contributed by atoms with van der Waals surface area (Å²) in [5.41, 5.74) is 0.983. The Kier molecular flexibility index (Phi) is 5.41. The van der Waals surface area contributed by atoms with Crippen molar-refractivity contribution in [1.29, 1.82) is 0 Å². The van der Waals surface area contributed by atoms with Crippen molar-refractivity contribution >= 4 is 0 Å². The van der Waals surface area contributed by atoms with Gasteiger partial charge in [-0.15, -0.1) is 0 Å². The number of benzene rings is 1. The van der Waals surface area contributed by atoms with E-state index in [0.29, 0.717) is 19.1 Å². The van der Waals surface area contributed by atoms with E-state index in [-0.39, 0.29) is 0 Å². The van der Waals surface area contributed by atoms with Gasteiger partial charge in [-0.2, -0.15) is 0 Å². The fourth-order valence-corrected chi connectivity index (χ4v) is 2.84. The van der Waals surface area contributed by atoms with Gasteiger partial charge in [0.1, 0.15) is 0 Å². The van der Waals surface area contributed by atoms with Crippen LogP contribution in [0.25, 0.3) is 0 Å². The first-order chi connectivity index (χ1) is 9.16. The average molecular weight is 262 g/mol. The van der Waals surface area contributed by atoms with Gasteiger partial charge in [-0.25, -0.2) is 0 Å². The molecule has 1 aromatic carbocycles. The Balaban J connectivity index is 1.69. The molecule has 0 aliphatic heterocycles. The summed E-state index contributed by atoms with van der Waals surface area (Å²) in [5.74, 6) is 1.59. The van der Waals surface area contributed by atoms with E-state index in [4.69, 9.17) is 4.74 Å². The Morgan fingerprint density at radius 3 is 2.58 bits per heavy atom. The van der Waals surface area contributed by atoms with E-state index < -0.39 is 6.10 Å². The van der Waals surface area contributed by atoms with Crippen molar-refractivity contribution in [2.24, 2.45) is 11.8 Å². The van der Waals surface area contributed by atoms with Crippen LogP contribution in [0.15, 0.2) is 30.3 Å². The van der Waals surface area contributed by atoms with E-state index in [1.54, 1.807) is 0 Å². The van der Waals surface area contributed by atoms with E-state index in [2.05, 4.69) is 13.8 Å². The molecule has 0 radical (unpaired) electrons. The minimum absolute atomic E-state index is 0.397. The van der Waals surface area contributed by atoms with Crippen molar-refractivity contribution in [3.8, 4) is 0 Å². The topological polar surface area (TPSA) is 29.5 Å². The first kappa shape index (κ1) is 14.5. The zero-order chi connectivity index (χ0) is 13.7. The highest BCUT2D eigenvalue weighted by Gasteiger charge is 2.24. The predicted octanol–water partition coefficient (Wildman–Crippen LogP) is 3.95. The molecule has 1 saturated carbocycles. The van der Waals surface area contributed by atoms with Gasteiger partial charge in [0, 0.05) is 13.0 Å². The maximum Gasteiger partial charge on any atom is 0.0812 e. The fraction of sp³-hybridized carbons (Fsp3) is 0.647. The first-order valence-electron chi connectivity index (χ1n) is 7.51. The highest BCUT2D eigenvalue weighted by Crippen LogP contribution is 2.31. The summed E-state index contributed by atoms with van der Waals surface area (Å²) in [4.78, 5) is 0. The Morgan fingerprint density at radius 2 is 1.89 bits per heavy atom. The Morgan fingerprint density at radius 1 is 1.16 bits per heavy atom. The van der Waals surface area contributed by atoms with Gasteiger partial charge in [-0.1, -0.05) is 44.2 Å². The number of hydrogen-bond acceptors (Lipinski definition) is 2. The van der Waals surface area contributed by atoms with Crippen LogP contribution >= 0.6 is 0 Å². The predicted molar refractivity (Wildman–Crippen MR) is 77.9 cm³/mol. The SMILES string of the molecule is CC1CCC(OCCC(O)c2ccccc2)CC1C. The lowest BCUT2D eigenvalue weighted by Crippen LogP contribution is -2.27. The number of ether oxygens (including phenoxy) is 1. The second kappa shape index (κ2) is 7.06. The molecule has 0 bridgehead atoms. The van der Waals surface area contributed by atoms with Crippen molar-refractivity contribution in [3.05, 3.63) is 35.9 Å². The summed E-state index contributed by atoms with van der Waals surface area (Å²) >= 11 is 0. The van der Waals surface area contributed by atoms with E-state index in [1.165, 1.54) is 19.3 Å². The van der Waals surface area contributed by atoms with Gasteiger partial charge >= 0.3 is 0 Å². The highest BCUT2D eigenvalue weighted by atomic mass is 16.5. The minimum atomic E-state index is -0.402. The molecule has 106 valence electrons. The van der Waals surface area contributed by atoms with Crippen molar-refractivity contribution in [3.63, 3.8) is 0 Å². The van der Waals surface area contributed by atoms with Gasteiger partial charge in [0.15, 0.2) is 0 Å². The summed E-state index contributed by atoms with van der Waals surface area (Å²) in [6, 6.07) is 9.83. The van der Waals surface area contributed by atoms with Crippen LogP contribution in [-0.4, -0.2) is 17.8 Å². The number of hydrogen-bond donors (Lipinski definition) is 1. The van der Waals surface area contributed by atoms with E-state index >= 15 is 0 Å². The quantitative estimate of drug-likeness (QED) is 0.870. The summed E-state index contributed by atoms with van der Waals surface area (Å²) in [7, 11) is 0. The first-order valence-corrected chi connectivity index (χ1v) is 7.51. The molecule has 4 unspecified atom stereocenters. The molecule has 2 nitrogen and oxygen atoms in total. The van der Waals surface area contributed by atoms with Crippen molar-refractivity contribution in [2.45, 2.75) is 51.7 Å².